The van der Waals surface area contributed by atoms with Crippen LogP contribution in [-0.2, 0) is 9.59 Å². The number of methoxy groups -OCH3 is 1. The number of rotatable bonds is 5. The van der Waals surface area contributed by atoms with Crippen LogP contribution in [0.4, 0.5) is 5.69 Å². The summed E-state index contributed by atoms with van der Waals surface area (Å²) in [6, 6.07) is 8.81. The van der Waals surface area contributed by atoms with Gasteiger partial charge in [0.25, 0.3) is 5.91 Å². The lowest BCUT2D eigenvalue weighted by Crippen LogP contribution is -2.42. The number of carbonyl (C=O) groups is 2. The summed E-state index contributed by atoms with van der Waals surface area (Å²) in [7, 11) is 1.55. The molecule has 0 radical (unpaired) electrons. The molecule has 1 aromatic rings. The van der Waals surface area contributed by atoms with Crippen LogP contribution in [0.1, 0.15) is 27.2 Å². The van der Waals surface area contributed by atoms with E-state index in [0.717, 1.165) is 0 Å². The third kappa shape index (κ3) is 4.32. The Bertz CT molecular complexity index is 550. The van der Waals surface area contributed by atoms with E-state index in [0.29, 0.717) is 11.4 Å². The summed E-state index contributed by atoms with van der Waals surface area (Å²) in [5.74, 6) is -0.409. The molecule has 0 aromatic heterocycles. The van der Waals surface area contributed by atoms with E-state index in [2.05, 4.69) is 0 Å². The van der Waals surface area contributed by atoms with Gasteiger partial charge in [0.05, 0.1) is 19.6 Å². The molecule has 0 N–H and O–H groups in total. The number of anilines is 1. The largest absolute Gasteiger partial charge is 0.497 e. The van der Waals surface area contributed by atoms with Crippen molar-refractivity contribution < 1.29 is 14.3 Å². The van der Waals surface area contributed by atoms with Crippen molar-refractivity contribution in [2.24, 2.45) is 5.41 Å². The first-order valence-electron chi connectivity index (χ1n) is 6.68. The van der Waals surface area contributed by atoms with Gasteiger partial charge in [0, 0.05) is 17.6 Å². The molecule has 0 unspecified atom stereocenters. The number of benzene rings is 1. The summed E-state index contributed by atoms with van der Waals surface area (Å²) in [6.45, 7) is 5.28. The number of hydrogen-bond acceptors (Lipinski definition) is 4. The molecule has 0 saturated heterocycles. The van der Waals surface area contributed by atoms with E-state index in [1.807, 2.05) is 6.07 Å². The standard InChI is InChI=1S/C16H20N2O3/c1-16(2,3)14(19)15(20)18(11-5-10-17)12-6-8-13(21-4)9-7-12/h6-9H,5,11H2,1-4H3. The molecule has 1 aromatic carbocycles. The van der Waals surface area contributed by atoms with Gasteiger partial charge in [0.2, 0.25) is 5.78 Å². The van der Waals surface area contributed by atoms with Gasteiger partial charge in [0.15, 0.2) is 0 Å². The minimum absolute atomic E-state index is 0.162. The van der Waals surface area contributed by atoms with Crippen LogP contribution < -0.4 is 9.64 Å². The molecule has 0 saturated carbocycles. The lowest BCUT2D eigenvalue weighted by Gasteiger charge is -2.25. The van der Waals surface area contributed by atoms with Gasteiger partial charge in [-0.25, -0.2) is 0 Å². The molecule has 5 nitrogen and oxygen atoms in total. The van der Waals surface area contributed by atoms with Crippen LogP contribution in [0.3, 0.4) is 0 Å². The van der Waals surface area contributed by atoms with Crippen LogP contribution in [0.5, 0.6) is 5.75 Å². The maximum atomic E-state index is 12.4. The second-order valence-corrected chi connectivity index (χ2v) is 5.64. The highest BCUT2D eigenvalue weighted by molar-refractivity contribution is 6.42. The van der Waals surface area contributed by atoms with Crippen molar-refractivity contribution in [3.63, 3.8) is 0 Å². The van der Waals surface area contributed by atoms with Gasteiger partial charge in [0.1, 0.15) is 5.75 Å². The van der Waals surface area contributed by atoms with Crippen LogP contribution >= 0.6 is 0 Å². The fourth-order valence-corrected chi connectivity index (χ4v) is 1.72. The summed E-state index contributed by atoms with van der Waals surface area (Å²) in [6.07, 6.45) is 0.162. The zero-order chi connectivity index (χ0) is 16.0. The number of carbonyl (C=O) groups excluding carboxylic acids is 2. The number of nitrogens with zero attached hydrogens (tertiary/aromatic N) is 2. The first-order valence-corrected chi connectivity index (χ1v) is 6.68. The highest BCUT2D eigenvalue weighted by Gasteiger charge is 2.32. The minimum Gasteiger partial charge on any atom is -0.497 e. The molecule has 0 aliphatic heterocycles. The van der Waals surface area contributed by atoms with E-state index < -0.39 is 17.1 Å². The fraction of sp³-hybridized carbons (Fsp3) is 0.438. The molecule has 0 heterocycles. The monoisotopic (exact) mass is 288 g/mol. The fourth-order valence-electron chi connectivity index (χ4n) is 1.72. The SMILES string of the molecule is COc1ccc(N(CCC#N)C(=O)C(=O)C(C)(C)C)cc1. The topological polar surface area (TPSA) is 70.4 Å². The first-order chi connectivity index (χ1) is 9.81. The van der Waals surface area contributed by atoms with Crippen LogP contribution in [0.25, 0.3) is 0 Å². The normalized spacial score (nSPS) is 10.6. The maximum absolute atomic E-state index is 12.4. The Hall–Kier alpha value is -2.35. The smallest absolute Gasteiger partial charge is 0.294 e. The summed E-state index contributed by atoms with van der Waals surface area (Å²) in [5, 5.41) is 8.73. The van der Waals surface area contributed by atoms with E-state index >= 15 is 0 Å². The number of ether oxygens (including phenoxy) is 1. The van der Waals surface area contributed by atoms with Crippen molar-refractivity contribution in [1.82, 2.24) is 0 Å². The van der Waals surface area contributed by atoms with Crippen LogP contribution in [0, 0.1) is 16.7 Å². The summed E-state index contributed by atoms with van der Waals surface area (Å²) in [4.78, 5) is 25.9. The molecule has 0 fully saturated rings. The predicted molar refractivity (Wildman–Crippen MR) is 80.0 cm³/mol. The summed E-state index contributed by atoms with van der Waals surface area (Å²) >= 11 is 0. The number of ketones is 1. The Morgan fingerprint density at radius 2 is 1.81 bits per heavy atom. The van der Waals surface area contributed by atoms with Crippen molar-refractivity contribution in [2.45, 2.75) is 27.2 Å². The molecule has 1 amide bonds. The van der Waals surface area contributed by atoms with Gasteiger partial charge in [-0.3, -0.25) is 9.59 Å². The van der Waals surface area contributed by atoms with E-state index in [9.17, 15) is 9.59 Å². The average molecular weight is 288 g/mol. The highest BCUT2D eigenvalue weighted by atomic mass is 16.5. The molecule has 5 heteroatoms. The predicted octanol–water partition coefficient (Wildman–Crippen LogP) is 2.56. The van der Waals surface area contributed by atoms with Crippen molar-refractivity contribution >= 4 is 17.4 Å². The van der Waals surface area contributed by atoms with Crippen molar-refractivity contribution in [3.05, 3.63) is 24.3 Å². The molecule has 0 aliphatic carbocycles. The van der Waals surface area contributed by atoms with E-state index in [-0.39, 0.29) is 13.0 Å². The molecule has 0 spiro atoms. The Balaban J connectivity index is 3.07. The highest BCUT2D eigenvalue weighted by Crippen LogP contribution is 2.23. The zero-order valence-corrected chi connectivity index (χ0v) is 12.8. The lowest BCUT2D eigenvalue weighted by atomic mass is 9.90. The maximum Gasteiger partial charge on any atom is 0.294 e. The first kappa shape index (κ1) is 16.7. The molecular weight excluding hydrogens is 268 g/mol. The lowest BCUT2D eigenvalue weighted by molar-refractivity contribution is -0.140. The van der Waals surface area contributed by atoms with Gasteiger partial charge in [-0.2, -0.15) is 5.26 Å². The molecule has 0 atom stereocenters. The Kier molecular flexibility index (Phi) is 5.48. The second-order valence-electron chi connectivity index (χ2n) is 5.64. The van der Waals surface area contributed by atoms with Gasteiger partial charge >= 0.3 is 0 Å². The molecule has 1 rings (SSSR count). The van der Waals surface area contributed by atoms with Gasteiger partial charge in [-0.05, 0) is 24.3 Å². The minimum atomic E-state index is -0.756. The summed E-state index contributed by atoms with van der Waals surface area (Å²) in [5.41, 5.74) is -0.178. The van der Waals surface area contributed by atoms with E-state index in [1.165, 1.54) is 4.90 Å². The quantitative estimate of drug-likeness (QED) is 0.781. The Labute approximate surface area is 125 Å². The number of Topliss-reactive ketones (excluding diaryl/α,β-unsaturated/α-hetero) is 1. The van der Waals surface area contributed by atoms with Crippen LogP contribution in [0.15, 0.2) is 24.3 Å². The van der Waals surface area contributed by atoms with Crippen molar-refractivity contribution in [2.75, 3.05) is 18.6 Å². The third-order valence-corrected chi connectivity index (χ3v) is 2.95. The number of amides is 1. The van der Waals surface area contributed by atoms with E-state index in [1.54, 1.807) is 52.1 Å². The Morgan fingerprint density at radius 1 is 1.24 bits per heavy atom. The summed E-state index contributed by atoms with van der Waals surface area (Å²) < 4.78 is 5.07. The van der Waals surface area contributed by atoms with E-state index in [4.69, 9.17) is 10.00 Å². The number of hydrogen-bond donors (Lipinski definition) is 0. The molecule has 0 bridgehead atoms. The van der Waals surface area contributed by atoms with Crippen LogP contribution in [0.2, 0.25) is 0 Å². The number of nitriles is 1. The molecule has 0 aliphatic rings. The molecular formula is C16H20N2O3. The molecule has 112 valence electrons. The van der Waals surface area contributed by atoms with Crippen molar-refractivity contribution in [1.29, 1.82) is 5.26 Å². The van der Waals surface area contributed by atoms with Gasteiger partial charge < -0.3 is 9.64 Å². The van der Waals surface area contributed by atoms with Gasteiger partial charge in [-0.15, -0.1) is 0 Å². The third-order valence-electron chi connectivity index (χ3n) is 2.95. The molecule has 21 heavy (non-hydrogen) atoms. The average Bonchev–Trinajstić information content (AvgIpc) is 2.46. The zero-order valence-electron chi connectivity index (χ0n) is 12.8. The van der Waals surface area contributed by atoms with Gasteiger partial charge in [-0.1, -0.05) is 20.8 Å². The van der Waals surface area contributed by atoms with Crippen LogP contribution in [-0.4, -0.2) is 25.3 Å². The Morgan fingerprint density at radius 3 is 2.24 bits per heavy atom. The van der Waals surface area contributed by atoms with Crippen molar-refractivity contribution in [3.8, 4) is 11.8 Å². The second kappa shape index (κ2) is 6.89.